The van der Waals surface area contributed by atoms with Crippen LogP contribution in [0.3, 0.4) is 0 Å². The lowest BCUT2D eigenvalue weighted by Crippen LogP contribution is -2.11. The fourth-order valence-corrected chi connectivity index (χ4v) is 1.84. The predicted molar refractivity (Wildman–Crippen MR) is 78.3 cm³/mol. The summed E-state index contributed by atoms with van der Waals surface area (Å²) in [6, 6.07) is 11.6. The molecular weight excluding hydrogens is 254 g/mol. The minimum absolute atomic E-state index is 0.247. The molecule has 0 saturated carbocycles. The van der Waals surface area contributed by atoms with E-state index in [2.05, 4.69) is 19.2 Å². The molecule has 0 spiro atoms. The number of phenols is 2. The number of anilines is 1. The first kappa shape index (κ1) is 13.9. The first-order valence-electron chi connectivity index (χ1n) is 6.40. The lowest BCUT2D eigenvalue weighted by atomic mass is 10.0. The van der Waals surface area contributed by atoms with Gasteiger partial charge in [-0.25, -0.2) is 0 Å². The van der Waals surface area contributed by atoms with Gasteiger partial charge in [0, 0.05) is 11.3 Å². The second kappa shape index (κ2) is 5.65. The number of hydrogen-bond donors (Lipinski definition) is 3. The van der Waals surface area contributed by atoms with E-state index in [1.54, 1.807) is 0 Å². The Morgan fingerprint density at radius 2 is 1.80 bits per heavy atom. The number of amides is 1. The number of phenolic OH excluding ortho intramolecular Hbond substituents is 2. The zero-order valence-electron chi connectivity index (χ0n) is 11.4. The Morgan fingerprint density at radius 1 is 1.05 bits per heavy atom. The second-order valence-electron chi connectivity index (χ2n) is 4.94. The molecule has 0 heterocycles. The second-order valence-corrected chi connectivity index (χ2v) is 4.94. The van der Waals surface area contributed by atoms with Gasteiger partial charge in [-0.2, -0.15) is 0 Å². The fraction of sp³-hybridized carbons (Fsp3) is 0.188. The molecular formula is C16H17NO3. The number of aromatic hydroxyl groups is 2. The fourth-order valence-electron chi connectivity index (χ4n) is 1.84. The van der Waals surface area contributed by atoms with Crippen molar-refractivity contribution in [2.45, 2.75) is 19.8 Å². The SMILES string of the molecule is CC(C)c1cccc(NC(=O)c2ccc(O)c(O)c2)c1. The van der Waals surface area contributed by atoms with E-state index in [-0.39, 0.29) is 23.0 Å². The molecule has 0 aliphatic heterocycles. The van der Waals surface area contributed by atoms with Crippen LogP contribution in [0, 0.1) is 0 Å². The summed E-state index contributed by atoms with van der Waals surface area (Å²) in [5.41, 5.74) is 2.13. The van der Waals surface area contributed by atoms with Crippen molar-refractivity contribution < 1.29 is 15.0 Å². The molecule has 104 valence electrons. The summed E-state index contributed by atoms with van der Waals surface area (Å²) in [4.78, 5) is 12.1. The van der Waals surface area contributed by atoms with Gasteiger partial charge in [-0.05, 0) is 41.8 Å². The topological polar surface area (TPSA) is 69.6 Å². The van der Waals surface area contributed by atoms with Crippen molar-refractivity contribution in [1.82, 2.24) is 0 Å². The van der Waals surface area contributed by atoms with E-state index in [4.69, 9.17) is 0 Å². The van der Waals surface area contributed by atoms with Gasteiger partial charge in [0.1, 0.15) is 0 Å². The maximum Gasteiger partial charge on any atom is 0.255 e. The van der Waals surface area contributed by atoms with Crippen LogP contribution in [0.2, 0.25) is 0 Å². The summed E-state index contributed by atoms with van der Waals surface area (Å²) in [5.74, 6) is -0.511. The van der Waals surface area contributed by atoms with Crippen molar-refractivity contribution in [3.05, 3.63) is 53.6 Å². The lowest BCUT2D eigenvalue weighted by Gasteiger charge is -2.10. The smallest absolute Gasteiger partial charge is 0.255 e. The summed E-state index contributed by atoms with van der Waals surface area (Å²) < 4.78 is 0. The van der Waals surface area contributed by atoms with Gasteiger partial charge >= 0.3 is 0 Å². The highest BCUT2D eigenvalue weighted by Gasteiger charge is 2.09. The van der Waals surface area contributed by atoms with Crippen molar-refractivity contribution in [1.29, 1.82) is 0 Å². The monoisotopic (exact) mass is 271 g/mol. The van der Waals surface area contributed by atoms with Gasteiger partial charge in [0.2, 0.25) is 0 Å². The Balaban J connectivity index is 2.19. The Morgan fingerprint density at radius 3 is 2.45 bits per heavy atom. The molecule has 0 atom stereocenters. The van der Waals surface area contributed by atoms with Crippen LogP contribution in [-0.4, -0.2) is 16.1 Å². The summed E-state index contributed by atoms with van der Waals surface area (Å²) in [6.45, 7) is 4.16. The van der Waals surface area contributed by atoms with Crippen LogP contribution in [0.4, 0.5) is 5.69 Å². The highest BCUT2D eigenvalue weighted by Crippen LogP contribution is 2.25. The zero-order valence-corrected chi connectivity index (χ0v) is 11.4. The quantitative estimate of drug-likeness (QED) is 0.749. The zero-order chi connectivity index (χ0) is 14.7. The number of nitrogens with one attached hydrogen (secondary N) is 1. The molecule has 0 unspecified atom stereocenters. The maximum absolute atomic E-state index is 12.1. The molecule has 20 heavy (non-hydrogen) atoms. The van der Waals surface area contributed by atoms with E-state index >= 15 is 0 Å². The highest BCUT2D eigenvalue weighted by molar-refractivity contribution is 6.04. The molecule has 4 heteroatoms. The van der Waals surface area contributed by atoms with Crippen molar-refractivity contribution in [2.24, 2.45) is 0 Å². The number of hydrogen-bond acceptors (Lipinski definition) is 3. The highest BCUT2D eigenvalue weighted by atomic mass is 16.3. The Hall–Kier alpha value is -2.49. The van der Waals surface area contributed by atoms with Gasteiger partial charge in [-0.15, -0.1) is 0 Å². The van der Waals surface area contributed by atoms with Gasteiger partial charge in [0.25, 0.3) is 5.91 Å². The lowest BCUT2D eigenvalue weighted by molar-refractivity contribution is 0.102. The van der Waals surface area contributed by atoms with Crippen LogP contribution in [-0.2, 0) is 0 Å². The van der Waals surface area contributed by atoms with E-state index < -0.39 is 0 Å². The summed E-state index contributed by atoms with van der Waals surface area (Å²) in [5, 5.41) is 21.4. The number of benzene rings is 2. The van der Waals surface area contributed by atoms with E-state index in [0.717, 1.165) is 5.56 Å². The van der Waals surface area contributed by atoms with E-state index in [1.807, 2.05) is 24.3 Å². The number of carbonyl (C=O) groups excluding carboxylic acids is 1. The van der Waals surface area contributed by atoms with Crippen LogP contribution in [0.5, 0.6) is 11.5 Å². The van der Waals surface area contributed by atoms with Crippen molar-refractivity contribution in [3.63, 3.8) is 0 Å². The molecule has 2 aromatic rings. The molecule has 0 aromatic heterocycles. The molecule has 2 rings (SSSR count). The molecule has 4 nitrogen and oxygen atoms in total. The average molecular weight is 271 g/mol. The van der Waals surface area contributed by atoms with Crippen LogP contribution >= 0.6 is 0 Å². The van der Waals surface area contributed by atoms with Crippen molar-refractivity contribution in [3.8, 4) is 11.5 Å². The standard InChI is InChI=1S/C16H17NO3/c1-10(2)11-4-3-5-13(8-11)17-16(20)12-6-7-14(18)15(19)9-12/h3-10,18-19H,1-2H3,(H,17,20). The van der Waals surface area contributed by atoms with E-state index in [0.29, 0.717) is 11.6 Å². The molecule has 0 bridgehead atoms. The summed E-state index contributed by atoms with van der Waals surface area (Å²) in [6.07, 6.45) is 0. The average Bonchev–Trinajstić information content (AvgIpc) is 2.42. The van der Waals surface area contributed by atoms with Gasteiger partial charge in [-0.1, -0.05) is 26.0 Å². The molecule has 0 aliphatic carbocycles. The minimum Gasteiger partial charge on any atom is -0.504 e. The molecule has 3 N–H and O–H groups in total. The molecule has 2 aromatic carbocycles. The minimum atomic E-state index is -0.332. The largest absolute Gasteiger partial charge is 0.504 e. The number of carbonyl (C=O) groups is 1. The molecule has 1 amide bonds. The van der Waals surface area contributed by atoms with Gasteiger partial charge in [0.15, 0.2) is 11.5 Å². The normalized spacial score (nSPS) is 10.6. The van der Waals surface area contributed by atoms with Gasteiger partial charge in [-0.3, -0.25) is 4.79 Å². The predicted octanol–water partition coefficient (Wildman–Crippen LogP) is 3.47. The first-order chi connectivity index (χ1) is 9.47. The molecule has 0 saturated heterocycles. The van der Waals surface area contributed by atoms with Crippen LogP contribution in [0.1, 0.15) is 35.7 Å². The van der Waals surface area contributed by atoms with E-state index in [1.165, 1.54) is 18.2 Å². The molecule has 0 radical (unpaired) electrons. The first-order valence-corrected chi connectivity index (χ1v) is 6.40. The maximum atomic E-state index is 12.1. The van der Waals surface area contributed by atoms with Gasteiger partial charge in [0.05, 0.1) is 0 Å². The van der Waals surface area contributed by atoms with Crippen molar-refractivity contribution in [2.75, 3.05) is 5.32 Å². The third kappa shape index (κ3) is 3.09. The number of rotatable bonds is 3. The Labute approximate surface area is 117 Å². The Kier molecular flexibility index (Phi) is 3.94. The summed E-state index contributed by atoms with van der Waals surface area (Å²) in [7, 11) is 0. The third-order valence-electron chi connectivity index (χ3n) is 3.05. The van der Waals surface area contributed by atoms with Crippen molar-refractivity contribution >= 4 is 11.6 Å². The van der Waals surface area contributed by atoms with Crippen LogP contribution in [0.15, 0.2) is 42.5 Å². The summed E-state index contributed by atoms with van der Waals surface area (Å²) >= 11 is 0. The van der Waals surface area contributed by atoms with Gasteiger partial charge < -0.3 is 15.5 Å². The Bertz CT molecular complexity index is 635. The van der Waals surface area contributed by atoms with E-state index in [9.17, 15) is 15.0 Å². The molecule has 0 fully saturated rings. The molecule has 0 aliphatic rings. The third-order valence-corrected chi connectivity index (χ3v) is 3.05. The van der Waals surface area contributed by atoms with Crippen LogP contribution < -0.4 is 5.32 Å². The van der Waals surface area contributed by atoms with Crippen LogP contribution in [0.25, 0.3) is 0 Å².